The fourth-order valence-corrected chi connectivity index (χ4v) is 2.16. The molecule has 2 rings (SSSR count). The lowest BCUT2D eigenvalue weighted by atomic mass is 10.2. The van der Waals surface area contributed by atoms with Gasteiger partial charge in [0.25, 0.3) is 0 Å². The second-order valence-electron chi connectivity index (χ2n) is 3.15. The van der Waals surface area contributed by atoms with Crippen LogP contribution in [0, 0.1) is 0 Å². The molecule has 0 aliphatic carbocycles. The smallest absolute Gasteiger partial charge is 0.180 e. The molecule has 0 radical (unpaired) electrons. The van der Waals surface area contributed by atoms with Gasteiger partial charge < -0.3 is 10.5 Å². The molecule has 0 aliphatic rings. The molecule has 1 aromatic carbocycles. The van der Waals surface area contributed by atoms with Crippen molar-refractivity contribution in [2.45, 2.75) is 6.92 Å². The first-order valence-electron chi connectivity index (χ1n) is 4.84. The number of ether oxygens (including phenoxy) is 1. The van der Waals surface area contributed by atoms with E-state index in [0.29, 0.717) is 22.5 Å². The average Bonchev–Trinajstić information content (AvgIpc) is 2.68. The third kappa shape index (κ3) is 2.28. The quantitative estimate of drug-likeness (QED) is 0.913. The van der Waals surface area contributed by atoms with E-state index in [1.807, 2.05) is 30.5 Å². The number of nitrogens with zero attached hydrogens (tertiary/aromatic N) is 1. The third-order valence-corrected chi connectivity index (χ3v) is 3.02. The van der Waals surface area contributed by atoms with E-state index < -0.39 is 0 Å². The summed E-state index contributed by atoms with van der Waals surface area (Å²) in [6, 6.07) is 5.60. The maximum Gasteiger partial charge on any atom is 0.180 e. The number of hydrogen-bond donors (Lipinski definition) is 1. The van der Waals surface area contributed by atoms with E-state index in [-0.39, 0.29) is 0 Å². The van der Waals surface area contributed by atoms with Gasteiger partial charge in [0.05, 0.1) is 17.3 Å². The Bertz CT molecular complexity index is 498. The monoisotopic (exact) mass is 254 g/mol. The molecule has 0 saturated carbocycles. The van der Waals surface area contributed by atoms with Gasteiger partial charge in [-0.25, -0.2) is 4.98 Å². The maximum atomic E-state index is 6.08. The molecule has 0 unspecified atom stereocenters. The Kier molecular flexibility index (Phi) is 3.31. The van der Waals surface area contributed by atoms with Crippen LogP contribution in [-0.4, -0.2) is 11.6 Å². The summed E-state index contributed by atoms with van der Waals surface area (Å²) in [5.41, 5.74) is 7.37. The fraction of sp³-hybridized carbons (Fsp3) is 0.182. The molecule has 0 spiro atoms. The summed E-state index contributed by atoms with van der Waals surface area (Å²) < 4.78 is 5.36. The first-order valence-corrected chi connectivity index (χ1v) is 6.10. The van der Waals surface area contributed by atoms with Crippen molar-refractivity contribution >= 4 is 28.1 Å². The number of nitrogens with two attached hydrogens (primary N) is 1. The van der Waals surface area contributed by atoms with Crippen molar-refractivity contribution in [2.24, 2.45) is 0 Å². The first-order chi connectivity index (χ1) is 7.70. The van der Waals surface area contributed by atoms with Crippen LogP contribution in [0.4, 0.5) is 5.13 Å². The number of anilines is 1. The number of halogens is 1. The van der Waals surface area contributed by atoms with Gasteiger partial charge in [-0.1, -0.05) is 11.6 Å². The molecule has 2 aromatic rings. The summed E-state index contributed by atoms with van der Waals surface area (Å²) in [6.07, 6.45) is 0. The van der Waals surface area contributed by atoms with E-state index in [9.17, 15) is 0 Å². The molecular formula is C11H11ClN2OS. The molecule has 16 heavy (non-hydrogen) atoms. The van der Waals surface area contributed by atoms with Crippen LogP contribution >= 0.6 is 22.9 Å². The molecule has 5 heteroatoms. The molecule has 2 N–H and O–H groups in total. The van der Waals surface area contributed by atoms with Crippen LogP contribution in [0.3, 0.4) is 0 Å². The Hall–Kier alpha value is -1.26. The van der Waals surface area contributed by atoms with E-state index in [4.69, 9.17) is 22.1 Å². The summed E-state index contributed by atoms with van der Waals surface area (Å²) in [4.78, 5) is 4.19. The van der Waals surface area contributed by atoms with Crippen LogP contribution in [-0.2, 0) is 0 Å². The summed E-state index contributed by atoms with van der Waals surface area (Å²) in [5, 5.41) is 3.05. The van der Waals surface area contributed by atoms with Crippen molar-refractivity contribution in [3.63, 3.8) is 0 Å². The molecule has 0 atom stereocenters. The van der Waals surface area contributed by atoms with E-state index >= 15 is 0 Å². The Balaban J connectivity index is 2.34. The van der Waals surface area contributed by atoms with Gasteiger partial charge in [-0.05, 0) is 25.1 Å². The lowest BCUT2D eigenvalue weighted by Crippen LogP contribution is -1.92. The van der Waals surface area contributed by atoms with Gasteiger partial charge in [0.15, 0.2) is 5.13 Å². The molecule has 0 amide bonds. The second-order valence-corrected chi connectivity index (χ2v) is 4.45. The zero-order valence-corrected chi connectivity index (χ0v) is 10.3. The van der Waals surface area contributed by atoms with Gasteiger partial charge in [-0.3, -0.25) is 0 Å². The molecule has 3 nitrogen and oxygen atoms in total. The third-order valence-electron chi connectivity index (χ3n) is 2.05. The minimum Gasteiger partial charge on any atom is -0.492 e. The molecular weight excluding hydrogens is 244 g/mol. The van der Waals surface area contributed by atoms with Crippen molar-refractivity contribution in [3.8, 4) is 17.0 Å². The minimum atomic E-state index is 0.556. The van der Waals surface area contributed by atoms with Crippen LogP contribution in [0.2, 0.25) is 5.02 Å². The normalized spacial score (nSPS) is 10.4. The summed E-state index contributed by atoms with van der Waals surface area (Å²) >= 11 is 7.50. The predicted molar refractivity (Wildman–Crippen MR) is 68.1 cm³/mol. The van der Waals surface area contributed by atoms with Crippen molar-refractivity contribution < 1.29 is 4.74 Å². The van der Waals surface area contributed by atoms with E-state index in [2.05, 4.69) is 4.98 Å². The zero-order valence-electron chi connectivity index (χ0n) is 8.74. The predicted octanol–water partition coefficient (Wildman–Crippen LogP) is 3.44. The van der Waals surface area contributed by atoms with Crippen LogP contribution in [0.5, 0.6) is 5.75 Å². The highest BCUT2D eigenvalue weighted by atomic mass is 35.5. The van der Waals surface area contributed by atoms with Crippen LogP contribution < -0.4 is 10.5 Å². The summed E-state index contributed by atoms with van der Waals surface area (Å²) in [5.74, 6) is 0.691. The van der Waals surface area contributed by atoms with Gasteiger partial charge >= 0.3 is 0 Å². The van der Waals surface area contributed by atoms with Gasteiger partial charge in [0, 0.05) is 10.9 Å². The summed E-state index contributed by atoms with van der Waals surface area (Å²) in [7, 11) is 0. The zero-order chi connectivity index (χ0) is 11.5. The molecule has 0 aliphatic heterocycles. The number of nitrogen functional groups attached to an aromatic ring is 1. The first kappa shape index (κ1) is 11.2. The van der Waals surface area contributed by atoms with E-state index in [1.54, 1.807) is 0 Å². The highest BCUT2D eigenvalue weighted by molar-refractivity contribution is 7.13. The maximum absolute atomic E-state index is 6.08. The van der Waals surface area contributed by atoms with Crippen molar-refractivity contribution in [3.05, 3.63) is 28.6 Å². The number of thiazole rings is 1. The number of rotatable bonds is 3. The highest BCUT2D eigenvalue weighted by Gasteiger charge is 2.06. The minimum absolute atomic E-state index is 0.556. The Labute approximate surface area is 103 Å². The number of benzene rings is 1. The Morgan fingerprint density at radius 3 is 2.88 bits per heavy atom. The largest absolute Gasteiger partial charge is 0.492 e. The van der Waals surface area contributed by atoms with Crippen LogP contribution in [0.1, 0.15) is 6.92 Å². The van der Waals surface area contributed by atoms with Crippen molar-refractivity contribution in [2.75, 3.05) is 12.3 Å². The lowest BCUT2D eigenvalue weighted by molar-refractivity contribution is 0.340. The Morgan fingerprint density at radius 2 is 2.31 bits per heavy atom. The van der Waals surface area contributed by atoms with Crippen molar-refractivity contribution in [1.82, 2.24) is 4.98 Å². The topological polar surface area (TPSA) is 48.1 Å². The number of hydrogen-bond acceptors (Lipinski definition) is 4. The number of aromatic nitrogens is 1. The fourth-order valence-electron chi connectivity index (χ4n) is 1.35. The van der Waals surface area contributed by atoms with Gasteiger partial charge in [0.2, 0.25) is 0 Å². The lowest BCUT2D eigenvalue weighted by Gasteiger charge is -2.06. The summed E-state index contributed by atoms with van der Waals surface area (Å²) in [6.45, 7) is 2.52. The van der Waals surface area contributed by atoms with Gasteiger partial charge in [0.1, 0.15) is 5.75 Å². The molecule has 1 aromatic heterocycles. The van der Waals surface area contributed by atoms with Gasteiger partial charge in [-0.15, -0.1) is 11.3 Å². The molecule has 0 saturated heterocycles. The van der Waals surface area contributed by atoms with E-state index in [1.165, 1.54) is 11.3 Å². The highest BCUT2D eigenvalue weighted by Crippen LogP contribution is 2.31. The Morgan fingerprint density at radius 1 is 1.50 bits per heavy atom. The molecule has 84 valence electrons. The van der Waals surface area contributed by atoms with Crippen LogP contribution in [0.15, 0.2) is 23.6 Å². The average molecular weight is 255 g/mol. The standard InChI is InChI=1S/C11H11ClN2OS/c1-2-15-10-4-3-7(5-8(10)12)9-6-16-11(13)14-9/h3-6H,2H2,1H3,(H2,13,14). The van der Waals surface area contributed by atoms with Crippen molar-refractivity contribution in [1.29, 1.82) is 0 Å². The van der Waals surface area contributed by atoms with Gasteiger partial charge in [-0.2, -0.15) is 0 Å². The molecule has 0 fully saturated rings. The second kappa shape index (κ2) is 4.72. The molecule has 0 bridgehead atoms. The van der Waals surface area contributed by atoms with E-state index in [0.717, 1.165) is 11.3 Å². The SMILES string of the molecule is CCOc1ccc(-c2csc(N)n2)cc1Cl. The van der Waals surface area contributed by atoms with Crippen LogP contribution in [0.25, 0.3) is 11.3 Å². The molecule has 1 heterocycles.